The molecule has 2 N–H and O–H groups in total. The molecule has 2 rings (SSSR count). The number of nitrogens with one attached hydrogen (secondary N) is 2. The van der Waals surface area contributed by atoms with Gasteiger partial charge in [-0.1, -0.05) is 51.0 Å². The number of imide groups is 1. The topological polar surface area (TPSA) is 95.6 Å². The highest BCUT2D eigenvalue weighted by Crippen LogP contribution is 2.28. The van der Waals surface area contributed by atoms with E-state index in [-0.39, 0.29) is 30.2 Å². The zero-order valence-corrected chi connectivity index (χ0v) is 17.0. The summed E-state index contributed by atoms with van der Waals surface area (Å²) < 4.78 is 0. The second kappa shape index (κ2) is 8.99. The highest BCUT2D eigenvalue weighted by molar-refractivity contribution is 6.11. The fraction of sp³-hybridized carbons (Fsp3) is 0.524. The van der Waals surface area contributed by atoms with Crippen LogP contribution in [0.4, 0.5) is 4.79 Å². The molecule has 1 saturated heterocycles. The Bertz CT molecular complexity index is 751. The van der Waals surface area contributed by atoms with Gasteiger partial charge in [-0.15, -0.1) is 0 Å². The zero-order valence-electron chi connectivity index (χ0n) is 17.0. The third kappa shape index (κ3) is 4.58. The molecule has 1 aliphatic heterocycles. The van der Waals surface area contributed by atoms with Gasteiger partial charge in [0.05, 0.1) is 12.6 Å². The van der Waals surface area contributed by atoms with E-state index in [0.29, 0.717) is 18.4 Å². The molecule has 152 valence electrons. The highest BCUT2D eigenvalue weighted by atomic mass is 16.2. The lowest BCUT2D eigenvalue weighted by atomic mass is 9.88. The van der Waals surface area contributed by atoms with Crippen molar-refractivity contribution in [1.82, 2.24) is 15.5 Å². The van der Waals surface area contributed by atoms with E-state index in [4.69, 9.17) is 0 Å². The lowest BCUT2D eigenvalue weighted by Crippen LogP contribution is -2.47. The van der Waals surface area contributed by atoms with Crippen molar-refractivity contribution in [2.24, 2.45) is 0 Å². The Kier molecular flexibility index (Phi) is 6.94. The van der Waals surface area contributed by atoms with Crippen molar-refractivity contribution in [3.63, 3.8) is 0 Å². The molecule has 0 bridgehead atoms. The summed E-state index contributed by atoms with van der Waals surface area (Å²) in [5.41, 5.74) is 0.396. The lowest BCUT2D eigenvalue weighted by molar-refractivity contribution is -0.131. The first-order valence-electron chi connectivity index (χ1n) is 9.78. The van der Waals surface area contributed by atoms with Crippen LogP contribution >= 0.6 is 0 Å². The number of Topliss-reactive ketones (excluding diaryl/α,β-unsaturated/α-hetero) is 1. The Hall–Kier alpha value is -2.70. The molecule has 7 nitrogen and oxygen atoms in total. The van der Waals surface area contributed by atoms with Crippen molar-refractivity contribution in [2.45, 2.75) is 65.0 Å². The van der Waals surface area contributed by atoms with Crippen LogP contribution in [0.15, 0.2) is 24.3 Å². The number of amides is 4. The maximum Gasteiger partial charge on any atom is 0.325 e. The van der Waals surface area contributed by atoms with E-state index in [9.17, 15) is 19.2 Å². The molecular weight excluding hydrogens is 358 g/mol. The number of ketones is 1. The van der Waals surface area contributed by atoms with Crippen molar-refractivity contribution < 1.29 is 19.2 Å². The molecule has 0 unspecified atom stereocenters. The van der Waals surface area contributed by atoms with Crippen molar-refractivity contribution in [1.29, 1.82) is 0 Å². The minimum atomic E-state index is -0.890. The predicted octanol–water partition coefficient (Wildman–Crippen LogP) is 2.96. The Morgan fingerprint density at radius 1 is 1.11 bits per heavy atom. The van der Waals surface area contributed by atoms with Crippen LogP contribution < -0.4 is 10.6 Å². The van der Waals surface area contributed by atoms with E-state index in [0.717, 1.165) is 23.3 Å². The van der Waals surface area contributed by atoms with Gasteiger partial charge in [-0.2, -0.15) is 0 Å². The van der Waals surface area contributed by atoms with Crippen LogP contribution in [0.25, 0.3) is 0 Å². The summed E-state index contributed by atoms with van der Waals surface area (Å²) in [4.78, 5) is 50.1. The molecule has 4 amide bonds. The molecular formula is C21H29N3O4. The van der Waals surface area contributed by atoms with Crippen LogP contribution in [0.2, 0.25) is 0 Å². The van der Waals surface area contributed by atoms with Crippen LogP contribution in [0.3, 0.4) is 0 Å². The molecule has 1 atom stereocenters. The van der Waals surface area contributed by atoms with Crippen molar-refractivity contribution in [3.8, 4) is 0 Å². The third-order valence-corrected chi connectivity index (χ3v) is 5.05. The van der Waals surface area contributed by atoms with E-state index in [1.165, 1.54) is 6.92 Å². The highest BCUT2D eigenvalue weighted by Gasteiger charge is 2.50. The molecule has 1 aliphatic rings. The van der Waals surface area contributed by atoms with Crippen LogP contribution in [0.5, 0.6) is 0 Å². The Balaban J connectivity index is 2.10. The summed E-state index contributed by atoms with van der Waals surface area (Å²) in [7, 11) is 0. The maximum absolute atomic E-state index is 12.9. The molecule has 7 heteroatoms. The number of urea groups is 1. The normalized spacial score (nSPS) is 16.6. The van der Waals surface area contributed by atoms with Gasteiger partial charge in [0.15, 0.2) is 5.78 Å². The number of carbonyl (C=O) groups excluding carboxylic acids is 4. The molecule has 0 aromatic heterocycles. The summed E-state index contributed by atoms with van der Waals surface area (Å²) in [5.74, 6) is -0.745. The fourth-order valence-electron chi connectivity index (χ4n) is 3.72. The van der Waals surface area contributed by atoms with Gasteiger partial charge in [-0.05, 0) is 25.3 Å². The Labute approximate surface area is 165 Å². The molecule has 28 heavy (non-hydrogen) atoms. The monoisotopic (exact) mass is 387 g/mol. The first kappa shape index (κ1) is 21.6. The van der Waals surface area contributed by atoms with E-state index < -0.39 is 11.6 Å². The van der Waals surface area contributed by atoms with Crippen molar-refractivity contribution in [3.05, 3.63) is 35.4 Å². The lowest BCUT2D eigenvalue weighted by Gasteiger charge is -2.25. The second-order valence-electron chi connectivity index (χ2n) is 7.37. The number of benzene rings is 1. The van der Waals surface area contributed by atoms with E-state index in [1.54, 1.807) is 24.3 Å². The summed E-state index contributed by atoms with van der Waals surface area (Å²) >= 11 is 0. The first-order chi connectivity index (χ1) is 13.2. The largest absolute Gasteiger partial charge is 0.350 e. The molecule has 0 radical (unpaired) electrons. The molecule has 1 aromatic carbocycles. The fourth-order valence-corrected chi connectivity index (χ4v) is 3.72. The number of hydrogen-bond donors (Lipinski definition) is 2. The average Bonchev–Trinajstić information content (AvgIpc) is 2.86. The van der Waals surface area contributed by atoms with Crippen molar-refractivity contribution >= 4 is 23.6 Å². The SMILES string of the molecule is CCCC1(CCC)NC(=O)N(CC(=O)c2ccc([C@@H](C)NC(C)=O)cc2)C1=O. The quantitative estimate of drug-likeness (QED) is 0.503. The second-order valence-corrected chi connectivity index (χ2v) is 7.37. The molecule has 1 aromatic rings. The summed E-state index contributed by atoms with van der Waals surface area (Å²) in [6.07, 6.45) is 2.65. The molecule has 0 saturated carbocycles. The van der Waals surface area contributed by atoms with Gasteiger partial charge >= 0.3 is 6.03 Å². The third-order valence-electron chi connectivity index (χ3n) is 5.05. The Morgan fingerprint density at radius 3 is 2.18 bits per heavy atom. The van der Waals surface area contributed by atoms with Crippen molar-refractivity contribution in [2.75, 3.05) is 6.54 Å². The van der Waals surface area contributed by atoms with E-state index in [1.807, 2.05) is 20.8 Å². The molecule has 1 fully saturated rings. The van der Waals surface area contributed by atoms with Gasteiger partial charge < -0.3 is 10.6 Å². The van der Waals surface area contributed by atoms with Gasteiger partial charge in [-0.3, -0.25) is 19.3 Å². The van der Waals surface area contributed by atoms with Crippen LogP contribution in [0, 0.1) is 0 Å². The minimum absolute atomic E-state index is 0.131. The number of rotatable bonds is 9. The first-order valence-corrected chi connectivity index (χ1v) is 9.78. The van der Waals surface area contributed by atoms with Gasteiger partial charge in [0.2, 0.25) is 5.91 Å². The summed E-state index contributed by atoms with van der Waals surface area (Å²) in [6.45, 7) is 6.96. The van der Waals surface area contributed by atoms with Gasteiger partial charge in [0.25, 0.3) is 5.91 Å². The molecule has 1 heterocycles. The minimum Gasteiger partial charge on any atom is -0.350 e. The average molecular weight is 387 g/mol. The smallest absolute Gasteiger partial charge is 0.325 e. The molecule has 0 aliphatic carbocycles. The van der Waals surface area contributed by atoms with E-state index >= 15 is 0 Å². The molecule has 0 spiro atoms. The van der Waals surface area contributed by atoms with Crippen LogP contribution in [-0.4, -0.2) is 40.6 Å². The van der Waals surface area contributed by atoms with Crippen LogP contribution in [0.1, 0.15) is 75.3 Å². The zero-order chi connectivity index (χ0) is 20.9. The van der Waals surface area contributed by atoms with Gasteiger partial charge in [0.1, 0.15) is 5.54 Å². The predicted molar refractivity (Wildman–Crippen MR) is 106 cm³/mol. The van der Waals surface area contributed by atoms with Crippen LogP contribution in [-0.2, 0) is 9.59 Å². The number of nitrogens with zero attached hydrogens (tertiary/aromatic N) is 1. The maximum atomic E-state index is 12.9. The Morgan fingerprint density at radius 2 is 1.68 bits per heavy atom. The number of carbonyl (C=O) groups is 4. The summed E-state index contributed by atoms with van der Waals surface area (Å²) in [6, 6.07) is 6.16. The standard InChI is InChI=1S/C21H29N3O4/c1-5-11-21(12-6-2)19(27)24(20(28)23-21)13-18(26)17-9-7-16(8-10-17)14(3)22-15(4)25/h7-10,14H,5-6,11-13H2,1-4H3,(H,22,25)(H,23,28)/t14-/m1/s1. The summed E-state index contributed by atoms with van der Waals surface area (Å²) in [5, 5.41) is 5.59. The van der Waals surface area contributed by atoms with E-state index in [2.05, 4.69) is 10.6 Å². The van der Waals surface area contributed by atoms with Gasteiger partial charge in [-0.25, -0.2) is 4.79 Å². The van der Waals surface area contributed by atoms with Gasteiger partial charge in [0, 0.05) is 12.5 Å². The number of hydrogen-bond acceptors (Lipinski definition) is 4.